The van der Waals surface area contributed by atoms with E-state index in [9.17, 15) is 14.4 Å². The number of urea groups is 1. The zero-order valence-electron chi connectivity index (χ0n) is 24.2. The van der Waals surface area contributed by atoms with Crippen LogP contribution < -0.4 is 15.8 Å². The van der Waals surface area contributed by atoms with E-state index in [0.717, 1.165) is 41.8 Å². The molecule has 3 aliphatic rings. The number of nitrogens with one attached hydrogen (secondary N) is 2. The van der Waals surface area contributed by atoms with Crippen LogP contribution in [-0.4, -0.2) is 22.5 Å². The molecule has 6 rings (SSSR count). The molecule has 218 valence electrons. The van der Waals surface area contributed by atoms with Gasteiger partial charge in [0.25, 0.3) is 0 Å². The van der Waals surface area contributed by atoms with Gasteiger partial charge >= 0.3 is 6.03 Å². The third kappa shape index (κ3) is 6.02. The van der Waals surface area contributed by atoms with E-state index in [1.165, 1.54) is 28.9 Å². The minimum Gasteiger partial charge on any atom is -0.331 e. The van der Waals surface area contributed by atoms with Gasteiger partial charge in [0.05, 0.1) is 29.9 Å². The first-order valence-corrected chi connectivity index (χ1v) is 14.8. The van der Waals surface area contributed by atoms with Crippen molar-refractivity contribution < 1.29 is 9.18 Å². The number of amides is 2. The molecule has 7 nitrogen and oxygen atoms in total. The maximum atomic E-state index is 13.7. The summed E-state index contributed by atoms with van der Waals surface area (Å²) in [5.41, 5.74) is 11.4. The van der Waals surface area contributed by atoms with Gasteiger partial charge in [-0.1, -0.05) is 48.9 Å². The first-order chi connectivity index (χ1) is 21.0. The topological polar surface area (TPSA) is 84.3 Å². The molecule has 0 saturated carbocycles. The standard InChI is InChI=1S/C35H35FN6O/c1-24-31-22-39-42(30-14-12-29(36)13-15-30)33(31)20-28-11-10-27(34(24)28)19-32(26-8-3-2-4-9-26)40-35(43)41(18-6-16-37)23-25-7-5-17-38-21-25/h2-5,7-9,12-15,17,20-22,24,27,32,39H,6,10-11,18-19,23H2,1H3,(H,40,43)/t24-,27+,32?/m0/s1. The number of hydrogen-bond acceptors (Lipinski definition) is 5. The van der Waals surface area contributed by atoms with Crippen LogP contribution in [0.1, 0.15) is 49.8 Å². The summed E-state index contributed by atoms with van der Waals surface area (Å²) in [4.78, 5) is 19.6. The molecule has 2 aromatic carbocycles. The molecule has 2 amide bonds. The second kappa shape index (κ2) is 12.5. The fraction of sp³-hybridized carbons (Fsp3) is 0.286. The first-order valence-electron chi connectivity index (χ1n) is 14.8. The number of halogens is 1. The lowest BCUT2D eigenvalue weighted by molar-refractivity contribution is 0.190. The van der Waals surface area contributed by atoms with Gasteiger partial charge in [-0.25, -0.2) is 9.18 Å². The van der Waals surface area contributed by atoms with E-state index < -0.39 is 0 Å². The van der Waals surface area contributed by atoms with Crippen LogP contribution in [-0.2, 0) is 6.54 Å². The molecule has 1 aromatic heterocycles. The minimum atomic E-state index is -0.254. The van der Waals surface area contributed by atoms with Crippen molar-refractivity contribution in [1.82, 2.24) is 20.6 Å². The van der Waals surface area contributed by atoms with Crippen molar-refractivity contribution in [2.45, 2.75) is 45.2 Å². The van der Waals surface area contributed by atoms with Crippen LogP contribution in [0.25, 0.3) is 0 Å². The highest BCUT2D eigenvalue weighted by molar-refractivity contribution is 5.75. The van der Waals surface area contributed by atoms with Gasteiger partial charge in [-0.2, -0.15) is 5.26 Å². The van der Waals surface area contributed by atoms with Crippen LogP contribution in [0, 0.1) is 29.0 Å². The summed E-state index contributed by atoms with van der Waals surface area (Å²) >= 11 is 0. The third-order valence-corrected chi connectivity index (χ3v) is 8.68. The van der Waals surface area contributed by atoms with Gasteiger partial charge in [0.2, 0.25) is 0 Å². The Morgan fingerprint density at radius 3 is 2.74 bits per heavy atom. The van der Waals surface area contributed by atoms with Crippen molar-refractivity contribution in [2.24, 2.45) is 11.8 Å². The number of rotatable bonds is 9. The van der Waals surface area contributed by atoms with E-state index >= 15 is 0 Å². The number of allylic oxidation sites excluding steroid dienone is 4. The molecular weight excluding hydrogens is 539 g/mol. The lowest BCUT2D eigenvalue weighted by Crippen LogP contribution is -2.42. The van der Waals surface area contributed by atoms with Crippen molar-refractivity contribution in [3.63, 3.8) is 0 Å². The Balaban J connectivity index is 1.24. The van der Waals surface area contributed by atoms with Crippen LogP contribution in [0.15, 0.2) is 114 Å². The second-order valence-electron chi connectivity index (χ2n) is 11.3. The molecule has 2 aliphatic carbocycles. The van der Waals surface area contributed by atoms with E-state index in [1.807, 2.05) is 35.3 Å². The van der Waals surface area contributed by atoms with E-state index in [2.05, 4.69) is 53.1 Å². The van der Waals surface area contributed by atoms with Crippen LogP contribution in [0.4, 0.5) is 14.9 Å². The predicted octanol–water partition coefficient (Wildman–Crippen LogP) is 6.93. The lowest BCUT2D eigenvalue weighted by Gasteiger charge is -2.32. The number of hydrazine groups is 1. The van der Waals surface area contributed by atoms with Crippen molar-refractivity contribution >= 4 is 11.7 Å². The summed E-state index contributed by atoms with van der Waals surface area (Å²) in [6.07, 6.45) is 10.8. The van der Waals surface area contributed by atoms with Gasteiger partial charge in [-0.15, -0.1) is 0 Å². The molecular formula is C35H35FN6O. The van der Waals surface area contributed by atoms with Gasteiger partial charge < -0.3 is 15.6 Å². The zero-order valence-corrected chi connectivity index (χ0v) is 24.2. The Morgan fingerprint density at radius 2 is 2.00 bits per heavy atom. The maximum Gasteiger partial charge on any atom is 0.318 e. The zero-order chi connectivity index (χ0) is 29.8. The Labute approximate surface area is 252 Å². The highest BCUT2D eigenvalue weighted by Gasteiger charge is 2.39. The molecule has 0 fully saturated rings. The molecule has 1 unspecified atom stereocenters. The van der Waals surface area contributed by atoms with E-state index in [4.69, 9.17) is 0 Å². The van der Waals surface area contributed by atoms with Crippen LogP contribution >= 0.6 is 0 Å². The molecule has 43 heavy (non-hydrogen) atoms. The average molecular weight is 575 g/mol. The van der Waals surface area contributed by atoms with Gasteiger partial charge in [0.15, 0.2) is 0 Å². The predicted molar refractivity (Wildman–Crippen MR) is 164 cm³/mol. The lowest BCUT2D eigenvalue weighted by atomic mass is 9.78. The van der Waals surface area contributed by atoms with Crippen LogP contribution in [0.3, 0.4) is 0 Å². The molecule has 1 aliphatic heterocycles. The summed E-state index contributed by atoms with van der Waals surface area (Å²) in [5.74, 6) is 0.265. The molecule has 3 aromatic rings. The van der Waals surface area contributed by atoms with E-state index in [-0.39, 0.29) is 30.2 Å². The smallest absolute Gasteiger partial charge is 0.318 e. The van der Waals surface area contributed by atoms with Gasteiger partial charge in [-0.3, -0.25) is 9.99 Å². The van der Waals surface area contributed by atoms with Gasteiger partial charge in [-0.05, 0) is 78.3 Å². The number of nitrogens with zero attached hydrogens (tertiary/aromatic N) is 4. The molecule has 0 saturated heterocycles. The average Bonchev–Trinajstić information content (AvgIpc) is 3.65. The minimum absolute atomic E-state index is 0.184. The van der Waals surface area contributed by atoms with Crippen molar-refractivity contribution in [2.75, 3.05) is 11.6 Å². The largest absolute Gasteiger partial charge is 0.331 e. The van der Waals surface area contributed by atoms with Gasteiger partial charge in [0.1, 0.15) is 5.82 Å². The quantitative estimate of drug-likeness (QED) is 0.290. The maximum absolute atomic E-state index is 13.7. The number of anilines is 1. The molecule has 0 radical (unpaired) electrons. The molecule has 0 spiro atoms. The number of nitriles is 1. The Bertz CT molecular complexity index is 1590. The SMILES string of the molecule is C[C@H]1C2=CNN(c3ccc(F)cc3)C2=CC2=C1[C@@H](CC(NC(=O)N(CCC#N)Cc1cccnc1)c1ccccc1)CC2. The molecule has 2 heterocycles. The fourth-order valence-corrected chi connectivity index (χ4v) is 6.60. The van der Waals surface area contributed by atoms with E-state index in [1.54, 1.807) is 29.4 Å². The van der Waals surface area contributed by atoms with Crippen molar-refractivity contribution in [3.05, 3.63) is 131 Å². The normalized spacial score (nSPS) is 19.4. The summed E-state index contributed by atoms with van der Waals surface area (Å²) in [5, 5.41) is 14.6. The van der Waals surface area contributed by atoms with Gasteiger partial charge in [0, 0.05) is 43.2 Å². The fourth-order valence-electron chi connectivity index (χ4n) is 6.60. The number of benzene rings is 2. The summed E-state index contributed by atoms with van der Waals surface area (Å²) in [6.45, 7) is 2.99. The third-order valence-electron chi connectivity index (χ3n) is 8.68. The Hall–Kier alpha value is -4.90. The number of carbonyl (C=O) groups is 1. The second-order valence-corrected chi connectivity index (χ2v) is 11.3. The molecule has 3 atom stereocenters. The first kappa shape index (κ1) is 28.2. The van der Waals surface area contributed by atoms with Crippen LogP contribution in [0.2, 0.25) is 0 Å². The van der Waals surface area contributed by atoms with Crippen molar-refractivity contribution in [1.29, 1.82) is 5.26 Å². The van der Waals surface area contributed by atoms with Crippen LogP contribution in [0.5, 0.6) is 0 Å². The molecule has 0 bridgehead atoms. The Morgan fingerprint density at radius 1 is 1.19 bits per heavy atom. The number of aromatic nitrogens is 1. The monoisotopic (exact) mass is 574 g/mol. The number of carbonyl (C=O) groups excluding carboxylic acids is 1. The van der Waals surface area contributed by atoms with Crippen molar-refractivity contribution in [3.8, 4) is 6.07 Å². The number of fused-ring (bicyclic) bond motifs is 1. The summed E-state index contributed by atoms with van der Waals surface area (Å²) in [7, 11) is 0. The number of pyridine rings is 1. The summed E-state index contributed by atoms with van der Waals surface area (Å²) in [6, 6.07) is 22.3. The highest BCUT2D eigenvalue weighted by Crippen LogP contribution is 2.49. The highest BCUT2D eigenvalue weighted by atomic mass is 19.1. The summed E-state index contributed by atoms with van der Waals surface area (Å²) < 4.78 is 13.6. The van der Waals surface area contributed by atoms with E-state index in [0.29, 0.717) is 19.0 Å². The number of hydrogen-bond donors (Lipinski definition) is 2. The molecule has 8 heteroatoms. The Kier molecular flexibility index (Phi) is 8.23. The molecule has 2 N–H and O–H groups in total.